The highest BCUT2D eigenvalue weighted by molar-refractivity contribution is 9.10. The van der Waals surface area contributed by atoms with Gasteiger partial charge in [-0.25, -0.2) is 5.43 Å². The Balaban J connectivity index is 2.11. The standard InChI is InChI=1S/C16H15BrN2O3/c1-2-22-15-8-7-12(17)9-11(15)10-18-19-16(21)13-5-3-4-6-14(13)20/h3-10,20H,2H2,1H3,(H,19,21)/b18-10+. The van der Waals surface area contributed by atoms with Crippen molar-refractivity contribution in [1.82, 2.24) is 5.43 Å². The molecule has 0 saturated carbocycles. The van der Waals surface area contributed by atoms with Gasteiger partial charge in [0, 0.05) is 10.0 Å². The predicted molar refractivity (Wildman–Crippen MR) is 88.5 cm³/mol. The number of nitrogens with zero attached hydrogens (tertiary/aromatic N) is 1. The van der Waals surface area contributed by atoms with Crippen LogP contribution in [0.15, 0.2) is 52.0 Å². The van der Waals surface area contributed by atoms with Crippen molar-refractivity contribution >= 4 is 28.1 Å². The van der Waals surface area contributed by atoms with Gasteiger partial charge >= 0.3 is 0 Å². The molecule has 114 valence electrons. The number of hydrazone groups is 1. The second-order valence-electron chi connectivity index (χ2n) is 4.33. The van der Waals surface area contributed by atoms with Gasteiger partial charge in [-0.3, -0.25) is 4.79 Å². The van der Waals surface area contributed by atoms with Crippen LogP contribution in [0.5, 0.6) is 11.5 Å². The lowest BCUT2D eigenvalue weighted by Gasteiger charge is -2.07. The van der Waals surface area contributed by atoms with E-state index in [4.69, 9.17) is 4.74 Å². The minimum absolute atomic E-state index is 0.0901. The summed E-state index contributed by atoms with van der Waals surface area (Å²) in [4.78, 5) is 11.9. The van der Waals surface area contributed by atoms with Crippen molar-refractivity contribution in [3.8, 4) is 11.5 Å². The quantitative estimate of drug-likeness (QED) is 0.633. The molecule has 0 aliphatic carbocycles. The lowest BCUT2D eigenvalue weighted by molar-refractivity contribution is 0.0952. The Hall–Kier alpha value is -2.34. The Labute approximate surface area is 136 Å². The number of phenolic OH excluding ortho intramolecular Hbond substituents is 1. The fourth-order valence-electron chi connectivity index (χ4n) is 1.79. The maximum absolute atomic E-state index is 11.9. The summed E-state index contributed by atoms with van der Waals surface area (Å²) in [6, 6.07) is 11.8. The van der Waals surface area contributed by atoms with Crippen LogP contribution in [0, 0.1) is 0 Å². The van der Waals surface area contributed by atoms with E-state index < -0.39 is 5.91 Å². The molecule has 0 unspecified atom stereocenters. The van der Waals surface area contributed by atoms with Gasteiger partial charge in [0.15, 0.2) is 0 Å². The molecule has 0 bridgehead atoms. The molecule has 0 atom stereocenters. The van der Waals surface area contributed by atoms with E-state index in [1.807, 2.05) is 25.1 Å². The molecule has 0 aliphatic rings. The van der Waals surface area contributed by atoms with Gasteiger partial charge in [0.25, 0.3) is 5.91 Å². The number of hydrogen-bond acceptors (Lipinski definition) is 4. The number of benzene rings is 2. The first-order valence-electron chi connectivity index (χ1n) is 6.65. The predicted octanol–water partition coefficient (Wildman–Crippen LogP) is 3.32. The number of rotatable bonds is 5. The molecule has 5 nitrogen and oxygen atoms in total. The molecule has 6 heteroatoms. The first kappa shape index (κ1) is 16.0. The van der Waals surface area contributed by atoms with Gasteiger partial charge in [-0.15, -0.1) is 0 Å². The third-order valence-corrected chi connectivity index (χ3v) is 3.28. The maximum atomic E-state index is 11.9. The third kappa shape index (κ3) is 4.08. The number of ether oxygens (including phenoxy) is 1. The summed E-state index contributed by atoms with van der Waals surface area (Å²) in [6.07, 6.45) is 1.49. The molecule has 2 N–H and O–H groups in total. The number of para-hydroxylation sites is 1. The van der Waals surface area contributed by atoms with Gasteiger partial charge in [-0.05, 0) is 37.3 Å². The highest BCUT2D eigenvalue weighted by Crippen LogP contribution is 2.21. The first-order chi connectivity index (χ1) is 10.6. The molecule has 0 heterocycles. The van der Waals surface area contributed by atoms with Crippen LogP contribution in [-0.4, -0.2) is 23.8 Å². The van der Waals surface area contributed by atoms with E-state index in [-0.39, 0.29) is 11.3 Å². The third-order valence-electron chi connectivity index (χ3n) is 2.79. The molecule has 2 rings (SSSR count). The molecule has 0 saturated heterocycles. The minimum Gasteiger partial charge on any atom is -0.507 e. The topological polar surface area (TPSA) is 70.9 Å². The van der Waals surface area contributed by atoms with Crippen LogP contribution < -0.4 is 10.2 Å². The summed E-state index contributed by atoms with van der Waals surface area (Å²) in [5.74, 6) is 0.0984. The van der Waals surface area contributed by atoms with Crippen LogP contribution in [-0.2, 0) is 0 Å². The summed E-state index contributed by atoms with van der Waals surface area (Å²) in [5, 5.41) is 13.5. The Morgan fingerprint density at radius 1 is 1.36 bits per heavy atom. The van der Waals surface area contributed by atoms with Gasteiger partial charge in [0.1, 0.15) is 11.5 Å². The smallest absolute Gasteiger partial charge is 0.275 e. The summed E-state index contributed by atoms with van der Waals surface area (Å²) >= 11 is 3.38. The van der Waals surface area contributed by atoms with E-state index in [2.05, 4.69) is 26.5 Å². The SMILES string of the molecule is CCOc1ccc(Br)cc1/C=N/NC(=O)c1ccccc1O. The molecule has 0 spiro atoms. The van der Waals surface area contributed by atoms with Crippen molar-refractivity contribution in [2.24, 2.45) is 5.10 Å². The van der Waals surface area contributed by atoms with Crippen LogP contribution >= 0.6 is 15.9 Å². The first-order valence-corrected chi connectivity index (χ1v) is 7.45. The number of halogens is 1. The van der Waals surface area contributed by atoms with E-state index in [1.165, 1.54) is 18.3 Å². The molecule has 0 fully saturated rings. The maximum Gasteiger partial charge on any atom is 0.275 e. The van der Waals surface area contributed by atoms with Crippen molar-refractivity contribution < 1.29 is 14.6 Å². The summed E-state index contributed by atoms with van der Waals surface area (Å²) in [5.41, 5.74) is 3.27. The molecule has 0 aromatic heterocycles. The van der Waals surface area contributed by atoms with E-state index >= 15 is 0 Å². The second-order valence-corrected chi connectivity index (χ2v) is 5.25. The Kier molecular flexibility index (Phi) is 5.55. The number of hydrogen-bond donors (Lipinski definition) is 2. The van der Waals surface area contributed by atoms with Crippen LogP contribution in [0.4, 0.5) is 0 Å². The van der Waals surface area contributed by atoms with Gasteiger partial charge < -0.3 is 9.84 Å². The monoisotopic (exact) mass is 362 g/mol. The zero-order valence-corrected chi connectivity index (χ0v) is 13.5. The lowest BCUT2D eigenvalue weighted by Crippen LogP contribution is -2.17. The lowest BCUT2D eigenvalue weighted by atomic mass is 10.2. The minimum atomic E-state index is -0.484. The summed E-state index contributed by atoms with van der Waals surface area (Å²) < 4.78 is 6.37. The van der Waals surface area contributed by atoms with E-state index in [0.29, 0.717) is 12.4 Å². The summed E-state index contributed by atoms with van der Waals surface area (Å²) in [6.45, 7) is 2.43. The van der Waals surface area contributed by atoms with E-state index in [9.17, 15) is 9.90 Å². The van der Waals surface area contributed by atoms with Crippen molar-refractivity contribution in [2.45, 2.75) is 6.92 Å². The van der Waals surface area contributed by atoms with Gasteiger partial charge in [-0.1, -0.05) is 28.1 Å². The van der Waals surface area contributed by atoms with Crippen molar-refractivity contribution in [1.29, 1.82) is 0 Å². The number of phenols is 1. The fraction of sp³-hybridized carbons (Fsp3) is 0.125. The molecular weight excluding hydrogens is 348 g/mol. The highest BCUT2D eigenvalue weighted by atomic mass is 79.9. The summed E-state index contributed by atoms with van der Waals surface area (Å²) in [7, 11) is 0. The van der Waals surface area contributed by atoms with Gasteiger partial charge in [0.05, 0.1) is 18.4 Å². The van der Waals surface area contributed by atoms with Gasteiger partial charge in [0.2, 0.25) is 0 Å². The number of nitrogens with one attached hydrogen (secondary N) is 1. The number of aromatic hydroxyl groups is 1. The van der Waals surface area contributed by atoms with E-state index in [0.717, 1.165) is 10.0 Å². The molecule has 2 aromatic rings. The Morgan fingerprint density at radius 2 is 2.14 bits per heavy atom. The Morgan fingerprint density at radius 3 is 2.86 bits per heavy atom. The number of carbonyl (C=O) groups excluding carboxylic acids is 1. The van der Waals surface area contributed by atoms with Gasteiger partial charge in [-0.2, -0.15) is 5.10 Å². The molecule has 22 heavy (non-hydrogen) atoms. The van der Waals surface area contributed by atoms with Crippen molar-refractivity contribution in [2.75, 3.05) is 6.61 Å². The second kappa shape index (κ2) is 7.61. The van der Waals surface area contributed by atoms with E-state index in [1.54, 1.807) is 12.1 Å². The average Bonchev–Trinajstić information content (AvgIpc) is 2.50. The van der Waals surface area contributed by atoms with Crippen LogP contribution in [0.3, 0.4) is 0 Å². The van der Waals surface area contributed by atoms with Crippen LogP contribution in [0.25, 0.3) is 0 Å². The zero-order chi connectivity index (χ0) is 15.9. The molecule has 1 amide bonds. The van der Waals surface area contributed by atoms with Crippen LogP contribution in [0.1, 0.15) is 22.8 Å². The Bertz CT molecular complexity index is 702. The molecule has 0 aliphatic heterocycles. The normalized spacial score (nSPS) is 10.6. The van der Waals surface area contributed by atoms with Crippen LogP contribution in [0.2, 0.25) is 0 Å². The zero-order valence-electron chi connectivity index (χ0n) is 11.9. The highest BCUT2D eigenvalue weighted by Gasteiger charge is 2.09. The fourth-order valence-corrected chi connectivity index (χ4v) is 2.17. The van der Waals surface area contributed by atoms with Crippen molar-refractivity contribution in [3.05, 3.63) is 58.1 Å². The molecule has 0 radical (unpaired) electrons. The van der Waals surface area contributed by atoms with Crippen molar-refractivity contribution in [3.63, 3.8) is 0 Å². The largest absolute Gasteiger partial charge is 0.507 e. The molecule has 2 aromatic carbocycles. The number of carbonyl (C=O) groups is 1. The number of amides is 1. The molecular formula is C16H15BrN2O3. The average molecular weight is 363 g/mol.